The van der Waals surface area contributed by atoms with Gasteiger partial charge in [0.15, 0.2) is 0 Å². The number of terminal acetylenes is 2. The summed E-state index contributed by atoms with van der Waals surface area (Å²) in [5.41, 5.74) is 6.80. The first-order valence-corrected chi connectivity index (χ1v) is 18.2. The van der Waals surface area contributed by atoms with Crippen LogP contribution < -0.4 is 27.0 Å². The van der Waals surface area contributed by atoms with E-state index in [-0.39, 0.29) is 42.0 Å². The summed E-state index contributed by atoms with van der Waals surface area (Å²) in [5.74, 6) is 4.86. The first kappa shape index (κ1) is 38.1. The van der Waals surface area contributed by atoms with Crippen LogP contribution in [0.15, 0.2) is 48.5 Å². The van der Waals surface area contributed by atoms with E-state index in [1.54, 1.807) is 41.3 Å². The van der Waals surface area contributed by atoms with Crippen molar-refractivity contribution in [3.05, 3.63) is 59.7 Å². The van der Waals surface area contributed by atoms with Crippen LogP contribution in [-0.4, -0.2) is 144 Å². The van der Waals surface area contributed by atoms with Crippen LogP contribution in [0.25, 0.3) is 0 Å². The highest BCUT2D eigenvalue weighted by atomic mass is 16.2. The molecule has 15 nitrogen and oxygen atoms in total. The summed E-state index contributed by atoms with van der Waals surface area (Å²) >= 11 is 0. The summed E-state index contributed by atoms with van der Waals surface area (Å²) in [4.78, 5) is 70.9. The normalized spacial score (nSPS) is 22.1. The summed E-state index contributed by atoms with van der Waals surface area (Å²) in [6, 6.07) is 13.6. The molecule has 0 saturated carbocycles. The first-order valence-electron chi connectivity index (χ1n) is 18.2. The van der Waals surface area contributed by atoms with Crippen LogP contribution in [0.2, 0.25) is 0 Å². The van der Waals surface area contributed by atoms with Gasteiger partial charge in [0.2, 0.25) is 0 Å². The van der Waals surface area contributed by atoms with E-state index < -0.39 is 11.1 Å². The molecule has 284 valence electrons. The number of anilines is 2. The Bertz CT molecular complexity index is 1860. The summed E-state index contributed by atoms with van der Waals surface area (Å²) < 4.78 is 0. The van der Waals surface area contributed by atoms with E-state index in [1.165, 1.54) is 9.80 Å². The molecule has 0 aliphatic carbocycles. The predicted octanol–water partition coefficient (Wildman–Crippen LogP) is 1.12. The summed E-state index contributed by atoms with van der Waals surface area (Å²) in [6.07, 6.45) is 12.7. The van der Waals surface area contributed by atoms with Gasteiger partial charge in [-0.2, -0.15) is 0 Å². The van der Waals surface area contributed by atoms with Gasteiger partial charge in [0.1, 0.15) is 11.1 Å². The van der Waals surface area contributed by atoms with E-state index in [2.05, 4.69) is 42.9 Å². The van der Waals surface area contributed by atoms with Crippen LogP contribution in [0.1, 0.15) is 36.8 Å². The molecule has 8 rings (SSSR count). The highest BCUT2D eigenvalue weighted by Crippen LogP contribution is 2.33. The molecule has 2 spiro atoms. The molecular formula is C39H48N10O5. The fourth-order valence-electron chi connectivity index (χ4n) is 7.74. The summed E-state index contributed by atoms with van der Waals surface area (Å²) in [7, 11) is 3.95. The Labute approximate surface area is 315 Å². The maximum atomic E-state index is 13.0. The van der Waals surface area contributed by atoms with E-state index in [1.807, 2.05) is 26.2 Å². The van der Waals surface area contributed by atoms with Crippen LogP contribution >= 0.6 is 0 Å². The van der Waals surface area contributed by atoms with Gasteiger partial charge in [0.25, 0.3) is 11.8 Å². The zero-order chi connectivity index (χ0) is 38.6. The lowest BCUT2D eigenvalue weighted by Crippen LogP contribution is -2.61. The van der Waals surface area contributed by atoms with E-state index in [0.717, 1.165) is 31.7 Å². The highest BCUT2D eigenvalue weighted by molar-refractivity contribution is 6.08. The minimum absolute atomic E-state index is 0.0119. The number of likely N-dealkylation sites (N-methyl/N-ethyl adjacent to an activating group) is 2. The van der Waals surface area contributed by atoms with E-state index in [4.69, 9.17) is 18.6 Å². The molecule has 0 atom stereocenters. The molecule has 0 unspecified atom stereocenters. The molecule has 2 aromatic rings. The number of carbonyl (C=O) groups is 5. The molecular weight excluding hydrogens is 688 g/mol. The monoisotopic (exact) mass is 736 g/mol. The minimum atomic E-state index is -0.884. The number of amides is 8. The molecule has 54 heavy (non-hydrogen) atoms. The van der Waals surface area contributed by atoms with Crippen LogP contribution in [-0.2, 0) is 9.59 Å². The average Bonchev–Trinajstić information content (AvgIpc) is 3.51. The molecule has 0 bridgehead atoms. The second kappa shape index (κ2) is 15.8. The Hall–Kier alpha value is -5.61. The minimum Gasteiger partial charge on any atom is -0.399 e. The Balaban J connectivity index is 0.000000161. The number of hydrogen-bond acceptors (Lipinski definition) is 9. The fourth-order valence-corrected chi connectivity index (χ4v) is 7.74. The first-order chi connectivity index (χ1) is 25.9. The lowest BCUT2D eigenvalue weighted by molar-refractivity contribution is -0.137. The number of carbonyl (C=O) groups excluding carboxylic acids is 5. The van der Waals surface area contributed by atoms with E-state index >= 15 is 0 Å². The Morgan fingerprint density at radius 1 is 0.759 bits per heavy atom. The smallest absolute Gasteiger partial charge is 0.325 e. The van der Waals surface area contributed by atoms with Crippen molar-refractivity contribution in [1.82, 2.24) is 40.4 Å². The molecule has 0 aromatic heterocycles. The topological polar surface area (TPSA) is 176 Å². The number of nitrogens with one attached hydrogen (secondary N) is 4. The standard InChI is InChI=1S/C20H23N5O3.C11H18N4O2.C8H7N/c1-3-14-5-4-6-15(11-14)21-18(27)24-9-7-20(8-10-24)17(26)25(19(28)22-20)16-12-23(2)13-16;1-14-6-8(7-14)15-9(16)11(13-10(15)17)2-4-12-5-3-11;1-2-7-4-3-5-8(9)6-7/h1,4-6,11,16H,7-10,12-13H2,2H3,(H,21,27)(H,22,28);8,12H,2-7H2,1H3,(H,13,17);1,3-6H,9H2. The van der Waals surface area contributed by atoms with Crippen molar-refractivity contribution in [3.8, 4) is 24.7 Å². The van der Waals surface area contributed by atoms with E-state index in [0.29, 0.717) is 68.8 Å². The molecule has 2 aromatic carbocycles. The van der Waals surface area contributed by atoms with Crippen molar-refractivity contribution in [2.75, 3.05) is 77.5 Å². The van der Waals surface area contributed by atoms with Gasteiger partial charge in [-0.3, -0.25) is 19.4 Å². The fraction of sp³-hybridized carbons (Fsp3) is 0.462. The number of likely N-dealkylation sites (tertiary alicyclic amines) is 3. The zero-order valence-electron chi connectivity index (χ0n) is 30.8. The van der Waals surface area contributed by atoms with Crippen LogP contribution in [0.3, 0.4) is 0 Å². The molecule has 6 heterocycles. The third-order valence-electron chi connectivity index (χ3n) is 10.9. The second-order valence-corrected chi connectivity index (χ2v) is 14.8. The summed E-state index contributed by atoms with van der Waals surface area (Å²) in [5, 5.41) is 11.9. The van der Waals surface area contributed by atoms with Crippen LogP contribution in [0.4, 0.5) is 25.8 Å². The number of nitrogens with zero attached hydrogens (tertiary/aromatic N) is 5. The number of urea groups is 3. The largest absolute Gasteiger partial charge is 0.399 e. The van der Waals surface area contributed by atoms with Gasteiger partial charge in [-0.1, -0.05) is 24.0 Å². The lowest BCUT2D eigenvalue weighted by atomic mass is 9.87. The van der Waals surface area contributed by atoms with Gasteiger partial charge in [-0.25, -0.2) is 14.4 Å². The SMILES string of the molecule is C#Cc1cccc(N)c1.C#Cc1cccc(NC(=O)N2CCC3(CC2)NC(=O)N(C2CN(C)C2)C3=O)c1.CN1CC(N2C(=O)NC3(CCNCC3)C2=O)C1. The number of piperidine rings is 2. The van der Waals surface area contributed by atoms with Gasteiger partial charge in [0.05, 0.1) is 12.1 Å². The van der Waals surface area contributed by atoms with Crippen molar-refractivity contribution < 1.29 is 24.0 Å². The molecule has 15 heteroatoms. The second-order valence-electron chi connectivity index (χ2n) is 14.8. The molecule has 6 aliphatic rings. The quantitative estimate of drug-likeness (QED) is 0.176. The van der Waals surface area contributed by atoms with Crippen molar-refractivity contribution >= 4 is 41.3 Å². The number of benzene rings is 2. The molecule has 0 radical (unpaired) electrons. The third-order valence-corrected chi connectivity index (χ3v) is 10.9. The zero-order valence-corrected chi connectivity index (χ0v) is 30.8. The van der Waals surface area contributed by atoms with Gasteiger partial charge in [-0.05, 0) is 89.3 Å². The number of hydrogen-bond donors (Lipinski definition) is 5. The molecule has 6 saturated heterocycles. The molecule has 6 aliphatic heterocycles. The molecule has 8 amide bonds. The molecule has 6 N–H and O–H groups in total. The van der Waals surface area contributed by atoms with Gasteiger partial charge < -0.3 is 41.7 Å². The highest BCUT2D eigenvalue weighted by Gasteiger charge is 2.56. The number of nitrogen functional groups attached to an aromatic ring is 1. The maximum absolute atomic E-state index is 13.0. The van der Waals surface area contributed by atoms with Crippen molar-refractivity contribution in [3.63, 3.8) is 0 Å². The summed E-state index contributed by atoms with van der Waals surface area (Å²) in [6.45, 7) is 5.40. The van der Waals surface area contributed by atoms with Crippen molar-refractivity contribution in [2.24, 2.45) is 0 Å². The number of imide groups is 2. The van der Waals surface area contributed by atoms with Gasteiger partial charge >= 0.3 is 18.1 Å². The average molecular weight is 737 g/mol. The molecule has 6 fully saturated rings. The number of rotatable bonds is 3. The Morgan fingerprint density at radius 2 is 1.24 bits per heavy atom. The van der Waals surface area contributed by atoms with Gasteiger partial charge in [0, 0.05) is 61.8 Å². The van der Waals surface area contributed by atoms with Crippen molar-refractivity contribution in [2.45, 2.75) is 48.8 Å². The lowest BCUT2D eigenvalue weighted by Gasteiger charge is -2.41. The Morgan fingerprint density at radius 3 is 1.70 bits per heavy atom. The van der Waals surface area contributed by atoms with Crippen LogP contribution in [0, 0.1) is 24.7 Å². The van der Waals surface area contributed by atoms with Gasteiger partial charge in [-0.15, -0.1) is 12.8 Å². The van der Waals surface area contributed by atoms with E-state index in [9.17, 15) is 24.0 Å². The maximum Gasteiger partial charge on any atom is 0.325 e. The predicted molar refractivity (Wildman–Crippen MR) is 204 cm³/mol. The number of nitrogens with two attached hydrogens (primary N) is 1. The van der Waals surface area contributed by atoms with Crippen LogP contribution in [0.5, 0.6) is 0 Å². The Kier molecular flexibility index (Phi) is 11.1. The van der Waals surface area contributed by atoms with Crippen molar-refractivity contribution in [1.29, 1.82) is 0 Å². The third kappa shape index (κ3) is 7.84.